The minimum atomic E-state index is -3.80. The lowest BCUT2D eigenvalue weighted by molar-refractivity contribution is -0.132. The molecule has 0 heterocycles. The highest BCUT2D eigenvalue weighted by molar-refractivity contribution is 7.89. The first-order valence-corrected chi connectivity index (χ1v) is 8.65. The molecule has 22 heavy (non-hydrogen) atoms. The van der Waals surface area contributed by atoms with E-state index in [1.807, 2.05) is 6.92 Å². The van der Waals surface area contributed by atoms with Gasteiger partial charge in [0, 0.05) is 20.1 Å². The molecule has 1 aliphatic carbocycles. The van der Waals surface area contributed by atoms with Crippen LogP contribution in [0.1, 0.15) is 19.8 Å². The Labute approximate surface area is 130 Å². The second-order valence-corrected chi connectivity index (χ2v) is 7.84. The number of halogens is 1. The van der Waals surface area contributed by atoms with E-state index >= 15 is 0 Å². The third kappa shape index (κ3) is 3.64. The minimum Gasteiger partial charge on any atom is -0.342 e. The highest BCUT2D eigenvalue weighted by atomic mass is 32.2. The summed E-state index contributed by atoms with van der Waals surface area (Å²) in [5.41, 5.74) is 0. The number of nitrogens with zero attached hydrogens (tertiary/aromatic N) is 2. The van der Waals surface area contributed by atoms with Crippen LogP contribution in [0.2, 0.25) is 0 Å². The molecule has 1 unspecified atom stereocenters. The molecule has 1 amide bonds. The van der Waals surface area contributed by atoms with E-state index in [4.69, 9.17) is 0 Å². The van der Waals surface area contributed by atoms with Crippen molar-refractivity contribution in [3.63, 3.8) is 0 Å². The van der Waals surface area contributed by atoms with Crippen LogP contribution in [-0.2, 0) is 14.8 Å². The molecule has 1 aromatic rings. The number of rotatable bonds is 6. The van der Waals surface area contributed by atoms with Crippen LogP contribution in [0, 0.1) is 11.7 Å². The fourth-order valence-corrected chi connectivity index (χ4v) is 3.42. The molecule has 0 radical (unpaired) electrons. The van der Waals surface area contributed by atoms with E-state index in [9.17, 15) is 17.6 Å². The van der Waals surface area contributed by atoms with Gasteiger partial charge in [-0.1, -0.05) is 0 Å². The molecule has 0 N–H and O–H groups in total. The minimum absolute atomic E-state index is 0.0258. The van der Waals surface area contributed by atoms with E-state index < -0.39 is 15.8 Å². The number of carbonyl (C=O) groups excluding carboxylic acids is 1. The van der Waals surface area contributed by atoms with E-state index in [1.165, 1.54) is 19.2 Å². The van der Waals surface area contributed by atoms with Crippen LogP contribution in [-0.4, -0.2) is 50.2 Å². The highest BCUT2D eigenvalue weighted by Crippen LogP contribution is 2.34. The second kappa shape index (κ2) is 6.34. The molecule has 0 aromatic heterocycles. The van der Waals surface area contributed by atoms with Crippen LogP contribution in [0.4, 0.5) is 4.39 Å². The average Bonchev–Trinajstić information content (AvgIpc) is 3.30. The number of amides is 1. The topological polar surface area (TPSA) is 57.7 Å². The summed E-state index contributed by atoms with van der Waals surface area (Å²) in [7, 11) is -0.744. The Balaban J connectivity index is 2.05. The van der Waals surface area contributed by atoms with Crippen LogP contribution >= 0.6 is 0 Å². The normalized spacial score (nSPS) is 16.6. The average molecular weight is 328 g/mol. The van der Waals surface area contributed by atoms with Gasteiger partial charge in [0.05, 0.1) is 11.4 Å². The molecular weight excluding hydrogens is 307 g/mol. The van der Waals surface area contributed by atoms with Gasteiger partial charge in [0.1, 0.15) is 5.82 Å². The molecule has 5 nitrogen and oxygen atoms in total. The maximum Gasteiger partial charge on any atom is 0.243 e. The lowest BCUT2D eigenvalue weighted by Crippen LogP contribution is -2.43. The lowest BCUT2D eigenvalue weighted by Gasteiger charge is -2.27. The zero-order chi connectivity index (χ0) is 16.5. The van der Waals surface area contributed by atoms with Gasteiger partial charge in [0.25, 0.3) is 0 Å². The number of benzene rings is 1. The van der Waals surface area contributed by atoms with Crippen LogP contribution in [0.25, 0.3) is 0 Å². The summed E-state index contributed by atoms with van der Waals surface area (Å²) in [4.78, 5) is 13.8. The molecule has 1 aromatic carbocycles. The number of likely N-dealkylation sites (N-methyl/N-ethyl adjacent to an activating group) is 2. The summed E-state index contributed by atoms with van der Waals surface area (Å²) in [5, 5.41) is 0. The van der Waals surface area contributed by atoms with Crippen molar-refractivity contribution in [3.05, 3.63) is 30.1 Å². The Morgan fingerprint density at radius 1 is 1.27 bits per heavy atom. The van der Waals surface area contributed by atoms with Crippen molar-refractivity contribution in [1.29, 1.82) is 0 Å². The zero-order valence-electron chi connectivity index (χ0n) is 13.0. The maximum absolute atomic E-state index is 12.9. The van der Waals surface area contributed by atoms with Crippen LogP contribution in [0.3, 0.4) is 0 Å². The van der Waals surface area contributed by atoms with Crippen molar-refractivity contribution < 1.29 is 17.6 Å². The lowest BCUT2D eigenvalue weighted by atomic mass is 10.2. The quantitative estimate of drug-likeness (QED) is 0.799. The number of carbonyl (C=O) groups is 1. The van der Waals surface area contributed by atoms with Gasteiger partial charge < -0.3 is 4.90 Å². The van der Waals surface area contributed by atoms with Gasteiger partial charge in [0.2, 0.25) is 15.9 Å². The van der Waals surface area contributed by atoms with Crippen LogP contribution in [0.15, 0.2) is 29.2 Å². The van der Waals surface area contributed by atoms with Gasteiger partial charge in [-0.25, -0.2) is 12.8 Å². The molecule has 7 heteroatoms. The van der Waals surface area contributed by atoms with E-state index in [0.29, 0.717) is 5.92 Å². The Bertz CT molecular complexity index is 641. The van der Waals surface area contributed by atoms with Crippen LogP contribution in [0.5, 0.6) is 0 Å². The van der Waals surface area contributed by atoms with Crippen molar-refractivity contribution in [2.45, 2.75) is 30.7 Å². The van der Waals surface area contributed by atoms with E-state index in [-0.39, 0.29) is 23.4 Å². The summed E-state index contributed by atoms with van der Waals surface area (Å²) in [6, 6.07) is 4.69. The summed E-state index contributed by atoms with van der Waals surface area (Å²) in [6.07, 6.45) is 2.23. The first-order chi connectivity index (χ1) is 10.2. The molecule has 1 saturated carbocycles. The Hall–Kier alpha value is -1.47. The van der Waals surface area contributed by atoms with Gasteiger partial charge in [0.15, 0.2) is 0 Å². The smallest absolute Gasteiger partial charge is 0.243 e. The molecule has 0 spiro atoms. The summed E-state index contributed by atoms with van der Waals surface area (Å²) in [5.74, 6) is -0.226. The molecule has 1 atom stereocenters. The highest BCUT2D eigenvalue weighted by Gasteiger charge is 2.33. The standard InChI is InChI=1S/C15H21FN2O3S/c1-11(12-4-5-12)18(3)15(19)10-17(2)22(20,21)14-8-6-13(16)7-9-14/h6-9,11-12H,4-5,10H2,1-3H3. The van der Waals surface area contributed by atoms with Gasteiger partial charge in [-0.15, -0.1) is 0 Å². The molecular formula is C15H21FN2O3S. The van der Waals surface area contributed by atoms with Gasteiger partial charge in [-0.2, -0.15) is 4.31 Å². The summed E-state index contributed by atoms with van der Waals surface area (Å²) < 4.78 is 38.6. The zero-order valence-corrected chi connectivity index (χ0v) is 13.8. The molecule has 0 saturated heterocycles. The molecule has 1 aliphatic rings. The molecule has 1 fully saturated rings. The Morgan fingerprint density at radius 2 is 1.82 bits per heavy atom. The number of sulfonamides is 1. The van der Waals surface area contributed by atoms with Crippen molar-refractivity contribution in [1.82, 2.24) is 9.21 Å². The van der Waals surface area contributed by atoms with Crippen molar-refractivity contribution in [2.24, 2.45) is 5.92 Å². The van der Waals surface area contributed by atoms with Crippen molar-refractivity contribution in [3.8, 4) is 0 Å². The van der Waals surface area contributed by atoms with Crippen molar-refractivity contribution >= 4 is 15.9 Å². The third-order valence-electron chi connectivity index (χ3n) is 4.19. The molecule has 0 aliphatic heterocycles. The number of hydrogen-bond acceptors (Lipinski definition) is 3. The molecule has 122 valence electrons. The Morgan fingerprint density at radius 3 is 2.32 bits per heavy atom. The Kier molecular flexibility index (Phi) is 4.87. The van der Waals surface area contributed by atoms with Gasteiger partial charge >= 0.3 is 0 Å². The summed E-state index contributed by atoms with van der Waals surface area (Å²) in [6.45, 7) is 1.75. The fraction of sp³-hybridized carbons (Fsp3) is 0.533. The largest absolute Gasteiger partial charge is 0.342 e. The first kappa shape index (κ1) is 16.9. The van der Waals surface area contributed by atoms with Gasteiger partial charge in [-0.05, 0) is 49.9 Å². The van der Waals surface area contributed by atoms with Crippen molar-refractivity contribution in [2.75, 3.05) is 20.6 Å². The van der Waals surface area contributed by atoms with E-state index in [2.05, 4.69) is 0 Å². The summed E-state index contributed by atoms with van der Waals surface area (Å²) >= 11 is 0. The maximum atomic E-state index is 12.9. The van der Waals surface area contributed by atoms with E-state index in [1.54, 1.807) is 11.9 Å². The SMILES string of the molecule is CC(C1CC1)N(C)C(=O)CN(C)S(=O)(=O)c1ccc(F)cc1. The number of hydrogen-bond donors (Lipinski definition) is 0. The second-order valence-electron chi connectivity index (χ2n) is 5.80. The predicted octanol–water partition coefficient (Wildman–Crippen LogP) is 1.70. The van der Waals surface area contributed by atoms with Gasteiger partial charge in [-0.3, -0.25) is 4.79 Å². The molecule has 0 bridgehead atoms. The van der Waals surface area contributed by atoms with E-state index in [0.717, 1.165) is 29.3 Å². The fourth-order valence-electron chi connectivity index (χ4n) is 2.30. The predicted molar refractivity (Wildman–Crippen MR) is 81.2 cm³/mol. The molecule has 2 rings (SSSR count). The first-order valence-electron chi connectivity index (χ1n) is 7.21. The monoisotopic (exact) mass is 328 g/mol. The third-order valence-corrected chi connectivity index (χ3v) is 6.01. The van der Waals surface area contributed by atoms with Crippen LogP contribution < -0.4 is 0 Å².